The van der Waals surface area contributed by atoms with Gasteiger partial charge in [0.05, 0.1) is 39.6 Å². The average molecular weight is 569 g/mol. The number of rotatable bonds is 18. The molecule has 0 bridgehead atoms. The van der Waals surface area contributed by atoms with Crippen LogP contribution in [0.5, 0.6) is 11.5 Å². The molecule has 0 radical (unpaired) electrons. The molecule has 2 unspecified atom stereocenters. The second kappa shape index (κ2) is 14.9. The fraction of sp³-hybridized carbons (Fsp3) is 0.657. The standard InChI is InChI=1S/C35H52O6/c1-22(2)30-14-26(15-31(23(3)4)34(30)38-11-9-36-18-28-20-40-28)13-27-16-32(24(5)6)35(33(17-27)25(7)8)39-12-10-37-19-29-21-41-29/h14-17,22-25,28-29H,9-13,18-21H2,1-8H3. The zero-order valence-electron chi connectivity index (χ0n) is 26.6. The Balaban J connectivity index is 1.54. The van der Waals surface area contributed by atoms with Gasteiger partial charge in [-0.2, -0.15) is 0 Å². The van der Waals surface area contributed by atoms with Gasteiger partial charge in [-0.25, -0.2) is 0 Å². The minimum absolute atomic E-state index is 0.279. The lowest BCUT2D eigenvalue weighted by Gasteiger charge is -2.24. The molecule has 0 saturated carbocycles. The van der Waals surface area contributed by atoms with Gasteiger partial charge >= 0.3 is 0 Å². The van der Waals surface area contributed by atoms with Crippen LogP contribution in [0, 0.1) is 0 Å². The van der Waals surface area contributed by atoms with Crippen molar-refractivity contribution in [2.75, 3.05) is 52.9 Å². The highest BCUT2D eigenvalue weighted by atomic mass is 16.6. The minimum Gasteiger partial charge on any atom is -0.491 e. The Hall–Kier alpha value is -2.12. The molecule has 2 atom stereocenters. The van der Waals surface area contributed by atoms with E-state index in [1.807, 2.05) is 0 Å². The Morgan fingerprint density at radius 1 is 0.561 bits per heavy atom. The molecule has 0 N–H and O–H groups in total. The van der Waals surface area contributed by atoms with Crippen molar-refractivity contribution < 1.29 is 28.4 Å². The SMILES string of the molecule is CC(C)c1cc(Cc2cc(C(C)C)c(OCCOCC3CO3)c(C(C)C)c2)cc(C(C)C)c1OCCOCC1CO1. The van der Waals surface area contributed by atoms with Crippen molar-refractivity contribution in [2.45, 2.75) is 97.7 Å². The van der Waals surface area contributed by atoms with E-state index < -0.39 is 0 Å². The molecule has 0 amide bonds. The number of hydrogen-bond acceptors (Lipinski definition) is 6. The summed E-state index contributed by atoms with van der Waals surface area (Å²) in [5.74, 6) is 3.45. The Labute approximate surface area is 248 Å². The summed E-state index contributed by atoms with van der Waals surface area (Å²) in [6, 6.07) is 9.39. The number of ether oxygens (including phenoxy) is 6. The smallest absolute Gasteiger partial charge is 0.126 e. The van der Waals surface area contributed by atoms with E-state index in [1.54, 1.807) is 0 Å². The molecule has 2 aliphatic heterocycles. The van der Waals surface area contributed by atoms with Gasteiger partial charge in [-0.15, -0.1) is 0 Å². The van der Waals surface area contributed by atoms with Crippen molar-refractivity contribution in [3.05, 3.63) is 57.6 Å². The van der Waals surface area contributed by atoms with E-state index in [2.05, 4.69) is 79.7 Å². The van der Waals surface area contributed by atoms with Crippen LogP contribution in [0.2, 0.25) is 0 Å². The molecule has 2 aliphatic rings. The largest absolute Gasteiger partial charge is 0.491 e. The fourth-order valence-electron chi connectivity index (χ4n) is 5.13. The first-order chi connectivity index (χ1) is 19.6. The third-order valence-corrected chi connectivity index (χ3v) is 7.67. The first-order valence-electron chi connectivity index (χ1n) is 15.6. The second-order valence-corrected chi connectivity index (χ2v) is 12.8. The number of epoxide rings is 2. The molecule has 41 heavy (non-hydrogen) atoms. The van der Waals surface area contributed by atoms with Crippen LogP contribution in [0.25, 0.3) is 0 Å². The highest BCUT2D eigenvalue weighted by Crippen LogP contribution is 2.39. The average Bonchev–Trinajstić information content (AvgIpc) is 3.84. The molecule has 228 valence electrons. The Bertz CT molecular complexity index is 968. The third-order valence-electron chi connectivity index (χ3n) is 7.67. The first-order valence-corrected chi connectivity index (χ1v) is 15.6. The molecule has 2 aromatic carbocycles. The van der Waals surface area contributed by atoms with Crippen molar-refractivity contribution in [2.24, 2.45) is 0 Å². The van der Waals surface area contributed by atoms with Crippen molar-refractivity contribution in [3.63, 3.8) is 0 Å². The van der Waals surface area contributed by atoms with Crippen LogP contribution >= 0.6 is 0 Å². The summed E-state index contributed by atoms with van der Waals surface area (Å²) in [5.41, 5.74) is 7.70. The Morgan fingerprint density at radius 3 is 1.15 bits per heavy atom. The van der Waals surface area contributed by atoms with Gasteiger partial charge in [0.25, 0.3) is 0 Å². The van der Waals surface area contributed by atoms with Gasteiger partial charge in [0.1, 0.15) is 36.9 Å². The van der Waals surface area contributed by atoms with Crippen LogP contribution in [-0.2, 0) is 25.4 Å². The molecule has 6 heteroatoms. The maximum absolute atomic E-state index is 6.39. The van der Waals surface area contributed by atoms with Gasteiger partial charge < -0.3 is 28.4 Å². The zero-order chi connectivity index (χ0) is 29.5. The molecule has 0 spiro atoms. The molecule has 0 aromatic heterocycles. The summed E-state index contributed by atoms with van der Waals surface area (Å²) < 4.78 is 34.7. The van der Waals surface area contributed by atoms with Crippen molar-refractivity contribution >= 4 is 0 Å². The summed E-state index contributed by atoms with van der Waals surface area (Å²) in [5, 5.41) is 0. The topological polar surface area (TPSA) is 62.0 Å². The summed E-state index contributed by atoms with van der Waals surface area (Å²) in [7, 11) is 0. The number of hydrogen-bond donors (Lipinski definition) is 0. The van der Waals surface area contributed by atoms with Crippen molar-refractivity contribution in [1.82, 2.24) is 0 Å². The number of benzene rings is 2. The van der Waals surface area contributed by atoms with Gasteiger partial charge in [-0.3, -0.25) is 0 Å². The highest BCUT2D eigenvalue weighted by molar-refractivity contribution is 5.52. The van der Waals surface area contributed by atoms with E-state index >= 15 is 0 Å². The van der Waals surface area contributed by atoms with Gasteiger partial charge in [-0.05, 0) is 63.5 Å². The Morgan fingerprint density at radius 2 is 0.878 bits per heavy atom. The fourth-order valence-corrected chi connectivity index (χ4v) is 5.13. The maximum Gasteiger partial charge on any atom is 0.126 e. The van der Waals surface area contributed by atoms with E-state index in [-0.39, 0.29) is 12.2 Å². The first kappa shape index (κ1) is 31.8. The van der Waals surface area contributed by atoms with E-state index in [0.717, 1.165) is 31.1 Å². The Kier molecular flexibility index (Phi) is 11.5. The lowest BCUT2D eigenvalue weighted by Crippen LogP contribution is -2.13. The highest BCUT2D eigenvalue weighted by Gasteiger charge is 2.24. The van der Waals surface area contributed by atoms with E-state index in [0.29, 0.717) is 63.3 Å². The quantitative estimate of drug-likeness (QED) is 0.138. The molecule has 2 fully saturated rings. The van der Waals surface area contributed by atoms with Crippen LogP contribution in [0.4, 0.5) is 0 Å². The molecule has 2 aromatic rings. The van der Waals surface area contributed by atoms with E-state index in [9.17, 15) is 0 Å². The van der Waals surface area contributed by atoms with Crippen LogP contribution < -0.4 is 9.47 Å². The summed E-state index contributed by atoms with van der Waals surface area (Å²) in [4.78, 5) is 0. The van der Waals surface area contributed by atoms with E-state index in [4.69, 9.17) is 28.4 Å². The van der Waals surface area contributed by atoms with Crippen LogP contribution in [0.15, 0.2) is 24.3 Å². The molecule has 2 heterocycles. The van der Waals surface area contributed by atoms with Crippen molar-refractivity contribution in [1.29, 1.82) is 0 Å². The lowest BCUT2D eigenvalue weighted by molar-refractivity contribution is 0.0871. The van der Waals surface area contributed by atoms with Gasteiger partial charge in [0.15, 0.2) is 0 Å². The van der Waals surface area contributed by atoms with Crippen LogP contribution in [-0.4, -0.2) is 65.1 Å². The minimum atomic E-state index is 0.279. The van der Waals surface area contributed by atoms with E-state index in [1.165, 1.54) is 33.4 Å². The predicted octanol–water partition coefficient (Wildman–Crippen LogP) is 7.36. The molecule has 0 aliphatic carbocycles. The third kappa shape index (κ3) is 9.44. The molecule has 4 rings (SSSR count). The van der Waals surface area contributed by atoms with Crippen LogP contribution in [0.3, 0.4) is 0 Å². The molecular weight excluding hydrogens is 516 g/mol. The summed E-state index contributed by atoms with van der Waals surface area (Å²) in [6.07, 6.45) is 1.43. The molecule has 6 nitrogen and oxygen atoms in total. The second-order valence-electron chi connectivity index (χ2n) is 12.8. The van der Waals surface area contributed by atoms with Crippen molar-refractivity contribution in [3.8, 4) is 11.5 Å². The monoisotopic (exact) mass is 568 g/mol. The van der Waals surface area contributed by atoms with Gasteiger partial charge in [0.2, 0.25) is 0 Å². The predicted molar refractivity (Wildman–Crippen MR) is 164 cm³/mol. The normalized spacial score (nSPS) is 18.1. The molecular formula is C35H52O6. The summed E-state index contributed by atoms with van der Waals surface area (Å²) >= 11 is 0. The van der Waals surface area contributed by atoms with Crippen LogP contribution in [0.1, 0.15) is 112 Å². The maximum atomic E-state index is 6.39. The van der Waals surface area contributed by atoms with Gasteiger partial charge in [-0.1, -0.05) is 79.7 Å². The van der Waals surface area contributed by atoms with Gasteiger partial charge in [0, 0.05) is 0 Å². The molecule has 2 saturated heterocycles. The lowest BCUT2D eigenvalue weighted by atomic mass is 9.87. The summed E-state index contributed by atoms with van der Waals surface area (Å²) in [6.45, 7) is 23.2. The zero-order valence-corrected chi connectivity index (χ0v) is 26.6.